The van der Waals surface area contributed by atoms with Crippen LogP contribution in [0.3, 0.4) is 0 Å². The van der Waals surface area contributed by atoms with Crippen LogP contribution in [0.4, 0.5) is 11.5 Å². The number of H-pyrrole nitrogens is 1. The van der Waals surface area contributed by atoms with Crippen LogP contribution in [-0.2, 0) is 4.74 Å². The fourth-order valence-electron chi connectivity index (χ4n) is 1.93. The zero-order valence-electron chi connectivity index (χ0n) is 9.77. The molecule has 0 aromatic carbocycles. The molecule has 100 valence electrons. The first kappa shape index (κ1) is 11.6. The summed E-state index contributed by atoms with van der Waals surface area (Å²) in [5, 5.41) is 25.0. The van der Waals surface area contributed by atoms with Gasteiger partial charge in [-0.2, -0.15) is 0 Å². The lowest BCUT2D eigenvalue weighted by Gasteiger charge is -2.25. The van der Waals surface area contributed by atoms with Crippen molar-refractivity contribution in [2.75, 3.05) is 31.2 Å². The van der Waals surface area contributed by atoms with Crippen molar-refractivity contribution in [3.8, 4) is 11.6 Å². The van der Waals surface area contributed by atoms with Crippen LogP contribution in [0.25, 0.3) is 11.6 Å². The van der Waals surface area contributed by atoms with Gasteiger partial charge in [-0.1, -0.05) is 0 Å². The van der Waals surface area contributed by atoms with Gasteiger partial charge in [-0.3, -0.25) is 15.2 Å². The average molecular weight is 266 g/mol. The number of hydrogen-bond donors (Lipinski definition) is 1. The number of nitrogens with zero attached hydrogens (tertiary/aromatic N) is 5. The SMILES string of the molecule is O=[N+]([O-])c1c(N2CCOCC2)n[nH]c1-c1nnco1. The molecule has 0 unspecified atom stereocenters. The van der Waals surface area contributed by atoms with Gasteiger partial charge in [0.2, 0.25) is 17.9 Å². The van der Waals surface area contributed by atoms with Gasteiger partial charge in [0.15, 0.2) is 0 Å². The lowest BCUT2D eigenvalue weighted by Crippen LogP contribution is -2.36. The van der Waals surface area contributed by atoms with Crippen molar-refractivity contribution < 1.29 is 14.1 Å². The molecule has 0 saturated carbocycles. The van der Waals surface area contributed by atoms with Crippen LogP contribution in [0, 0.1) is 10.1 Å². The first-order valence-electron chi connectivity index (χ1n) is 5.59. The van der Waals surface area contributed by atoms with Crippen molar-refractivity contribution in [3.63, 3.8) is 0 Å². The summed E-state index contributed by atoms with van der Waals surface area (Å²) in [5.41, 5.74) is -0.0462. The van der Waals surface area contributed by atoms with E-state index in [1.807, 2.05) is 0 Å². The first-order valence-corrected chi connectivity index (χ1v) is 5.59. The van der Waals surface area contributed by atoms with E-state index in [4.69, 9.17) is 9.15 Å². The quantitative estimate of drug-likeness (QED) is 0.617. The molecule has 1 saturated heterocycles. The predicted molar refractivity (Wildman–Crippen MR) is 61.6 cm³/mol. The molecule has 0 radical (unpaired) electrons. The van der Waals surface area contributed by atoms with Gasteiger partial charge < -0.3 is 14.1 Å². The highest BCUT2D eigenvalue weighted by atomic mass is 16.6. The van der Waals surface area contributed by atoms with Gasteiger partial charge in [0, 0.05) is 13.1 Å². The maximum atomic E-state index is 11.2. The van der Waals surface area contributed by atoms with Gasteiger partial charge in [0.1, 0.15) is 0 Å². The number of hydrogen-bond acceptors (Lipinski definition) is 8. The third-order valence-corrected chi connectivity index (χ3v) is 2.79. The lowest BCUT2D eigenvalue weighted by molar-refractivity contribution is -0.383. The molecule has 1 aliphatic rings. The molecule has 1 aliphatic heterocycles. The van der Waals surface area contributed by atoms with Gasteiger partial charge in [-0.25, -0.2) is 0 Å². The number of rotatable bonds is 3. The van der Waals surface area contributed by atoms with E-state index >= 15 is 0 Å². The Bertz CT molecular complexity index is 574. The Morgan fingerprint density at radius 3 is 2.84 bits per heavy atom. The van der Waals surface area contributed by atoms with E-state index in [2.05, 4.69) is 20.4 Å². The summed E-state index contributed by atoms with van der Waals surface area (Å²) < 4.78 is 10.2. The average Bonchev–Trinajstić information content (AvgIpc) is 3.08. The molecular weight excluding hydrogens is 256 g/mol. The molecule has 0 atom stereocenters. The molecule has 2 aromatic heterocycles. The summed E-state index contributed by atoms with van der Waals surface area (Å²) in [5.74, 6) is 0.306. The second-order valence-corrected chi connectivity index (χ2v) is 3.87. The summed E-state index contributed by atoms with van der Waals surface area (Å²) in [6.45, 7) is 2.13. The zero-order valence-corrected chi connectivity index (χ0v) is 9.77. The number of nitro groups is 1. The molecule has 2 aromatic rings. The molecule has 0 bridgehead atoms. The maximum absolute atomic E-state index is 11.2. The van der Waals surface area contributed by atoms with E-state index in [-0.39, 0.29) is 23.1 Å². The van der Waals surface area contributed by atoms with Crippen molar-refractivity contribution in [1.82, 2.24) is 20.4 Å². The molecule has 19 heavy (non-hydrogen) atoms. The zero-order chi connectivity index (χ0) is 13.2. The van der Waals surface area contributed by atoms with E-state index in [0.717, 1.165) is 6.39 Å². The van der Waals surface area contributed by atoms with Crippen molar-refractivity contribution >= 4 is 11.5 Å². The molecule has 10 nitrogen and oxygen atoms in total. The van der Waals surface area contributed by atoms with Crippen LogP contribution in [0.1, 0.15) is 0 Å². The Hall–Kier alpha value is -2.49. The highest BCUT2D eigenvalue weighted by Gasteiger charge is 2.32. The highest BCUT2D eigenvalue weighted by Crippen LogP contribution is 2.35. The number of aromatic amines is 1. The first-order chi connectivity index (χ1) is 9.27. The van der Waals surface area contributed by atoms with Gasteiger partial charge in [-0.15, -0.1) is 15.3 Å². The summed E-state index contributed by atoms with van der Waals surface area (Å²) in [7, 11) is 0. The molecule has 0 spiro atoms. The number of morpholine rings is 1. The summed E-state index contributed by atoms with van der Waals surface area (Å²) in [6, 6.07) is 0. The van der Waals surface area contributed by atoms with E-state index in [1.165, 1.54) is 0 Å². The van der Waals surface area contributed by atoms with Crippen molar-refractivity contribution in [2.24, 2.45) is 0 Å². The van der Waals surface area contributed by atoms with Gasteiger partial charge in [-0.05, 0) is 0 Å². The van der Waals surface area contributed by atoms with E-state index < -0.39 is 4.92 Å². The van der Waals surface area contributed by atoms with Gasteiger partial charge in [0.05, 0.1) is 18.1 Å². The number of aromatic nitrogens is 4. The fourth-order valence-corrected chi connectivity index (χ4v) is 1.93. The minimum absolute atomic E-state index is 0.0405. The monoisotopic (exact) mass is 266 g/mol. The maximum Gasteiger partial charge on any atom is 0.343 e. The van der Waals surface area contributed by atoms with Crippen LogP contribution in [0.5, 0.6) is 0 Å². The molecule has 10 heteroatoms. The Morgan fingerprint density at radius 1 is 1.42 bits per heavy atom. The Morgan fingerprint density at radius 2 is 2.21 bits per heavy atom. The minimum Gasteiger partial charge on any atom is -0.422 e. The largest absolute Gasteiger partial charge is 0.422 e. The summed E-state index contributed by atoms with van der Waals surface area (Å²) in [4.78, 5) is 12.5. The Balaban J connectivity index is 2.03. The fraction of sp³-hybridized carbons (Fsp3) is 0.444. The molecule has 0 aliphatic carbocycles. The molecule has 1 fully saturated rings. The van der Waals surface area contributed by atoms with Gasteiger partial charge >= 0.3 is 5.69 Å². The van der Waals surface area contributed by atoms with Crippen LogP contribution in [0.15, 0.2) is 10.8 Å². The second kappa shape index (κ2) is 4.65. The Kier molecular flexibility index (Phi) is 2.83. The standard InChI is InChI=1S/C9H10N6O4/c16-15(17)7-6(9-13-10-5-19-9)11-12-8(7)14-1-3-18-4-2-14/h5H,1-4H2,(H,11,12). The smallest absolute Gasteiger partial charge is 0.343 e. The van der Waals surface area contributed by atoms with Crippen LogP contribution in [-0.4, -0.2) is 51.6 Å². The van der Waals surface area contributed by atoms with Crippen LogP contribution >= 0.6 is 0 Å². The van der Waals surface area contributed by atoms with Crippen molar-refractivity contribution in [1.29, 1.82) is 0 Å². The minimum atomic E-state index is -0.506. The second-order valence-electron chi connectivity index (χ2n) is 3.87. The molecule has 0 amide bonds. The highest BCUT2D eigenvalue weighted by molar-refractivity contribution is 5.73. The van der Waals surface area contributed by atoms with E-state index in [0.29, 0.717) is 26.3 Å². The lowest BCUT2D eigenvalue weighted by atomic mass is 10.3. The van der Waals surface area contributed by atoms with Crippen molar-refractivity contribution in [2.45, 2.75) is 0 Å². The molecule has 1 N–H and O–H groups in total. The Labute approximate surface area is 106 Å². The third-order valence-electron chi connectivity index (χ3n) is 2.79. The topological polar surface area (TPSA) is 123 Å². The number of anilines is 1. The van der Waals surface area contributed by atoms with E-state index in [9.17, 15) is 10.1 Å². The van der Waals surface area contributed by atoms with Gasteiger partial charge in [0.25, 0.3) is 5.89 Å². The normalized spacial score (nSPS) is 15.7. The predicted octanol–water partition coefficient (Wildman–Crippen LogP) is 0.204. The summed E-state index contributed by atoms with van der Waals surface area (Å²) >= 11 is 0. The third kappa shape index (κ3) is 2.01. The molecular formula is C9H10N6O4. The number of nitrogens with one attached hydrogen (secondary N) is 1. The molecule has 3 rings (SSSR count). The summed E-state index contributed by atoms with van der Waals surface area (Å²) in [6.07, 6.45) is 1.11. The van der Waals surface area contributed by atoms with Crippen molar-refractivity contribution in [3.05, 3.63) is 16.5 Å². The van der Waals surface area contributed by atoms with E-state index in [1.54, 1.807) is 4.90 Å². The van der Waals surface area contributed by atoms with Crippen LogP contribution in [0.2, 0.25) is 0 Å². The van der Waals surface area contributed by atoms with Crippen LogP contribution < -0.4 is 4.90 Å². The molecule has 3 heterocycles. The number of ether oxygens (including phenoxy) is 1.